The molecule has 30 nitrogen and oxygen atoms in total. The second-order valence-electron chi connectivity index (χ2n) is 17.5. The Balaban J connectivity index is 3.23. The summed E-state index contributed by atoms with van der Waals surface area (Å²) < 4.78 is 0. The van der Waals surface area contributed by atoms with Gasteiger partial charge in [0.1, 0.15) is 48.0 Å². The monoisotopic (exact) mass is 1090 g/mol. The van der Waals surface area contributed by atoms with Crippen molar-refractivity contribution in [3.8, 4) is 0 Å². The molecule has 1 heterocycles. The number of primary amides is 1. The van der Waals surface area contributed by atoms with Gasteiger partial charge in [0, 0.05) is 32.9 Å². The third-order valence-electron chi connectivity index (χ3n) is 11.5. The molecule has 0 aromatic rings. The van der Waals surface area contributed by atoms with Gasteiger partial charge in [-0.3, -0.25) is 63.2 Å². The highest BCUT2D eigenvalue weighted by molar-refractivity contribution is 6.02. The summed E-state index contributed by atoms with van der Waals surface area (Å²) in [4.78, 5) is 154. The number of nitrogens with two attached hydrogens (primary N) is 1. The van der Waals surface area contributed by atoms with E-state index in [1.165, 1.54) is 6.92 Å². The van der Waals surface area contributed by atoms with Crippen LogP contribution in [-0.2, 0) is 57.5 Å². The van der Waals surface area contributed by atoms with Crippen molar-refractivity contribution >= 4 is 70.9 Å². The molecule has 0 radical (unpaired) electrons. The fourth-order valence-corrected chi connectivity index (χ4v) is 7.05. The highest BCUT2D eigenvalue weighted by Gasteiger charge is 2.37. The van der Waals surface area contributed by atoms with Crippen molar-refractivity contribution in [1.82, 2.24) is 52.7 Å². The molecule has 0 bridgehead atoms. The van der Waals surface area contributed by atoms with E-state index in [-0.39, 0.29) is 32.4 Å². The highest BCUT2D eigenvalue weighted by Crippen LogP contribution is 2.11. The number of carboxylic acids is 1. The van der Waals surface area contributed by atoms with Crippen molar-refractivity contribution in [2.24, 2.45) is 5.73 Å². The molecular formula is C46H75N11O19. The van der Waals surface area contributed by atoms with Crippen LogP contribution in [0.1, 0.15) is 111 Å². The average Bonchev–Trinajstić information content (AvgIpc) is 3.37. The predicted molar refractivity (Wildman–Crippen MR) is 262 cm³/mol. The maximum Gasteiger partial charge on any atom is 0.335 e. The van der Waals surface area contributed by atoms with Gasteiger partial charge in [0.05, 0.1) is 19.8 Å². The standard InChI is InChI=1S/C46H75N11O19/c1-4-6-7-8-9-10-11-12-13-18-35(63)55-36(37(64)46(73)74)44(71)54-33(25-60)42(69)50-29(19-20-34(47)62)40(67)53-31(23-58)41(68)49-28(16-14-21-56(75)26(3)61)39(66)48-27(5-2)38(65)52-32(24-59)43(70)51-30-17-15-22-57(76)45(30)72/h5,10-11,28-33,36-37,58-60,64,75-76H,4,6-9,12-25H2,1-3H3,(H2,47,62)(H,48,66)(H,49,68)(H,50,69)(H,51,70)(H,52,65)(H,53,67)(H,54,71)(H,55,63)(H,73,74)/b11-10-,27-5+/t28-,29-,30+,31-,32+,33+,36+,37+/m0/s1. The predicted octanol–water partition coefficient (Wildman–Crippen LogP) is -5.19. The Morgan fingerprint density at radius 2 is 1.25 bits per heavy atom. The molecule has 0 aliphatic carbocycles. The number of piperidine rings is 1. The van der Waals surface area contributed by atoms with Gasteiger partial charge in [-0.2, -0.15) is 0 Å². The first-order valence-electron chi connectivity index (χ1n) is 24.7. The van der Waals surface area contributed by atoms with E-state index < -0.39 is 164 Å². The Kier molecular flexibility index (Phi) is 31.7. The second-order valence-corrected chi connectivity index (χ2v) is 17.5. The third-order valence-corrected chi connectivity index (χ3v) is 11.5. The number of allylic oxidation sites excluding steroid dienone is 3. The van der Waals surface area contributed by atoms with Gasteiger partial charge in [-0.1, -0.05) is 44.4 Å². The molecule has 0 saturated carbocycles. The van der Waals surface area contributed by atoms with Crippen LogP contribution in [-0.4, -0.2) is 198 Å². The van der Waals surface area contributed by atoms with E-state index in [1.807, 2.05) is 17.5 Å². The molecule has 1 aliphatic rings. The summed E-state index contributed by atoms with van der Waals surface area (Å²) in [6.07, 6.45) is 6.73. The first-order valence-corrected chi connectivity index (χ1v) is 24.7. The summed E-state index contributed by atoms with van der Waals surface area (Å²) in [5.41, 5.74) is 4.71. The van der Waals surface area contributed by atoms with E-state index in [2.05, 4.69) is 44.1 Å². The van der Waals surface area contributed by atoms with E-state index in [0.29, 0.717) is 29.4 Å². The SMILES string of the molecule is C/C=C(/NC(=O)[C@H](CCCN(O)C(C)=O)NC(=O)[C@H](CO)NC(=O)[C@H](CCC(N)=O)NC(=O)[C@@H](CO)NC(=O)[C@H](NC(=O)CCC/C=C\CCCCCC)[C@@H](O)C(=O)O)C(=O)N[C@H](CO)C(=O)N[C@@H]1CCCN(O)C1=O. The molecule has 11 amide bonds. The first kappa shape index (κ1) is 66.9. The molecule has 0 unspecified atom stereocenters. The van der Waals surface area contributed by atoms with Crippen LogP contribution in [0.3, 0.4) is 0 Å². The molecule has 1 saturated heterocycles. The number of nitrogens with one attached hydrogen (secondary N) is 8. The number of aliphatic hydroxyl groups is 4. The van der Waals surface area contributed by atoms with Gasteiger partial charge in [-0.05, 0) is 64.7 Å². The molecule has 76 heavy (non-hydrogen) atoms. The van der Waals surface area contributed by atoms with Crippen molar-refractivity contribution in [3.63, 3.8) is 0 Å². The Morgan fingerprint density at radius 1 is 0.711 bits per heavy atom. The molecule has 1 rings (SSSR count). The van der Waals surface area contributed by atoms with Crippen molar-refractivity contribution in [1.29, 1.82) is 0 Å². The number of hydrogen-bond donors (Lipinski definition) is 16. The van der Waals surface area contributed by atoms with E-state index in [0.717, 1.165) is 45.1 Å². The number of unbranched alkanes of at least 4 members (excludes halogenated alkanes) is 5. The minimum atomic E-state index is -2.54. The second kappa shape index (κ2) is 36.0. The zero-order valence-corrected chi connectivity index (χ0v) is 42.8. The highest BCUT2D eigenvalue weighted by atomic mass is 16.5. The lowest BCUT2D eigenvalue weighted by Gasteiger charge is -2.29. The summed E-state index contributed by atoms with van der Waals surface area (Å²) in [5, 5.41) is 87.5. The van der Waals surface area contributed by atoms with Gasteiger partial charge < -0.3 is 73.8 Å². The molecular weight excluding hydrogens is 1010 g/mol. The van der Waals surface area contributed by atoms with Gasteiger partial charge in [0.25, 0.3) is 11.8 Å². The normalized spacial score (nSPS) is 16.3. The number of carbonyl (C=O) groups excluding carboxylic acids is 11. The van der Waals surface area contributed by atoms with Crippen LogP contribution in [0.5, 0.6) is 0 Å². The molecule has 0 aromatic heterocycles. The number of carboxylic acid groups (broad SMARTS) is 1. The minimum absolute atomic E-state index is 0.0222. The lowest BCUT2D eigenvalue weighted by molar-refractivity contribution is -0.173. The van der Waals surface area contributed by atoms with Crippen LogP contribution in [0.25, 0.3) is 0 Å². The molecule has 30 heteroatoms. The van der Waals surface area contributed by atoms with Gasteiger partial charge in [0.15, 0.2) is 6.10 Å². The van der Waals surface area contributed by atoms with Crippen LogP contribution in [0.2, 0.25) is 0 Å². The van der Waals surface area contributed by atoms with Crippen molar-refractivity contribution in [3.05, 3.63) is 23.9 Å². The van der Waals surface area contributed by atoms with Gasteiger partial charge in [0.2, 0.25) is 53.2 Å². The average molecular weight is 1090 g/mol. The minimum Gasteiger partial charge on any atom is -0.479 e. The molecule has 0 spiro atoms. The van der Waals surface area contributed by atoms with Gasteiger partial charge >= 0.3 is 5.97 Å². The lowest BCUT2D eigenvalue weighted by Crippen LogP contribution is -2.62. The number of hydrogen-bond acceptors (Lipinski definition) is 18. The van der Waals surface area contributed by atoms with Crippen LogP contribution < -0.4 is 48.3 Å². The fourth-order valence-electron chi connectivity index (χ4n) is 7.05. The molecule has 0 aromatic carbocycles. The largest absolute Gasteiger partial charge is 0.479 e. The van der Waals surface area contributed by atoms with Crippen LogP contribution in [0.15, 0.2) is 23.9 Å². The number of aliphatic carboxylic acids is 1. The summed E-state index contributed by atoms with van der Waals surface area (Å²) in [7, 11) is 0. The molecule has 1 fully saturated rings. The number of amides is 11. The summed E-state index contributed by atoms with van der Waals surface area (Å²) in [5.74, 6) is -14.1. The van der Waals surface area contributed by atoms with Crippen LogP contribution in [0, 0.1) is 0 Å². The summed E-state index contributed by atoms with van der Waals surface area (Å²) in [6, 6.07) is -12.6. The van der Waals surface area contributed by atoms with Crippen molar-refractivity contribution < 1.29 is 93.5 Å². The Morgan fingerprint density at radius 3 is 1.79 bits per heavy atom. The Bertz CT molecular complexity index is 2070. The first-order chi connectivity index (χ1) is 36.0. The molecule has 428 valence electrons. The quantitative estimate of drug-likeness (QED) is 0.00917. The Hall–Kier alpha value is -7.12. The number of hydroxylamine groups is 4. The summed E-state index contributed by atoms with van der Waals surface area (Å²) in [6.45, 7) is 0.623. The van der Waals surface area contributed by atoms with Crippen LogP contribution >= 0.6 is 0 Å². The maximum atomic E-state index is 13.7. The zero-order valence-electron chi connectivity index (χ0n) is 42.8. The zero-order chi connectivity index (χ0) is 57.5. The van der Waals surface area contributed by atoms with E-state index in [1.54, 1.807) is 0 Å². The number of nitrogens with zero attached hydrogens (tertiary/aromatic N) is 2. The number of carbonyl (C=O) groups is 12. The van der Waals surface area contributed by atoms with Crippen molar-refractivity contribution in [2.45, 2.75) is 159 Å². The lowest BCUT2D eigenvalue weighted by atomic mass is 10.1. The van der Waals surface area contributed by atoms with E-state index in [4.69, 9.17) is 5.73 Å². The third kappa shape index (κ3) is 24.5. The molecule has 1 aliphatic heterocycles. The van der Waals surface area contributed by atoms with E-state index >= 15 is 0 Å². The molecule has 17 N–H and O–H groups in total. The van der Waals surface area contributed by atoms with E-state index in [9.17, 15) is 93.5 Å². The summed E-state index contributed by atoms with van der Waals surface area (Å²) >= 11 is 0. The maximum absolute atomic E-state index is 13.7. The van der Waals surface area contributed by atoms with Crippen molar-refractivity contribution in [2.75, 3.05) is 32.9 Å². The number of aliphatic hydroxyl groups excluding tert-OH is 4. The van der Waals surface area contributed by atoms with Crippen LogP contribution in [0.4, 0.5) is 0 Å². The van der Waals surface area contributed by atoms with Gasteiger partial charge in [-0.15, -0.1) is 0 Å². The smallest absolute Gasteiger partial charge is 0.335 e. The number of rotatable bonds is 36. The topological polar surface area (TPSA) is 475 Å². The fraction of sp³-hybridized carbons (Fsp3) is 0.652. The van der Waals surface area contributed by atoms with Gasteiger partial charge in [-0.25, -0.2) is 14.9 Å². The molecule has 8 atom stereocenters. The Labute approximate surface area is 437 Å².